The molecule has 0 bridgehead atoms. The molecule has 0 aromatic carbocycles. The fourth-order valence-corrected chi connectivity index (χ4v) is 8.85. The van der Waals surface area contributed by atoms with E-state index in [1.165, 1.54) is 44.9 Å². The topological polar surface area (TPSA) is 22.9 Å². The van der Waals surface area contributed by atoms with Gasteiger partial charge in [-0.15, -0.1) is 0 Å². The lowest BCUT2D eigenvalue weighted by Crippen LogP contribution is -2.50. The van der Waals surface area contributed by atoms with Crippen molar-refractivity contribution in [3.63, 3.8) is 0 Å². The van der Waals surface area contributed by atoms with Gasteiger partial charge in [0.05, 0.1) is 0 Å². The summed E-state index contributed by atoms with van der Waals surface area (Å²) in [6.07, 6.45) is 19.8. The van der Waals surface area contributed by atoms with Gasteiger partial charge in [-0.25, -0.2) is 0 Å². The molecule has 9 unspecified atom stereocenters. The molecular weight excluding hydrogens is 364 g/mol. The summed E-state index contributed by atoms with van der Waals surface area (Å²) < 4.78 is 0. The zero-order chi connectivity index (χ0) is 21.7. The third kappa shape index (κ3) is 3.66. The molecule has 9 atom stereocenters. The van der Waals surface area contributed by atoms with E-state index in [-0.39, 0.29) is 6.10 Å². The smallest absolute Gasteiger partial charge is 0.157 e. The predicted molar refractivity (Wildman–Crippen MR) is 130 cm³/mol. The Hall–Kier alpha value is -0.560. The van der Waals surface area contributed by atoms with Gasteiger partial charge in [0, 0.05) is 12.8 Å². The maximum absolute atomic E-state index is 8.30. The number of rotatable bonds is 5. The van der Waals surface area contributed by atoms with Crippen molar-refractivity contribution in [1.82, 2.24) is 0 Å². The highest BCUT2D eigenvalue weighted by molar-refractivity contribution is 5.25. The Bertz CT molecular complexity index is 674. The molecule has 0 aromatic heterocycles. The van der Waals surface area contributed by atoms with Crippen molar-refractivity contribution in [2.45, 2.75) is 105 Å². The molecule has 0 radical (unpaired) electrons. The maximum atomic E-state index is 8.30. The van der Waals surface area contributed by atoms with Crippen LogP contribution in [0.3, 0.4) is 0 Å². The minimum atomic E-state index is 0.163. The molecule has 1 nitrogen and oxygen atoms in total. The standard InChI is InChI=1S/C29H48O/c1-7-21(19(2)3)9-8-20(4)25-12-13-26-24-11-10-22-18-23(30)14-16-28(22,5)27(24)15-17-29(25,26)6/h8-10,19-21,23-27,30H,7,11-18H2,1-6H3/p+1. The van der Waals surface area contributed by atoms with E-state index < -0.39 is 0 Å². The summed E-state index contributed by atoms with van der Waals surface area (Å²) in [6.45, 7) is 14.9. The van der Waals surface area contributed by atoms with Crippen LogP contribution < -0.4 is 0 Å². The summed E-state index contributed by atoms with van der Waals surface area (Å²) in [5.74, 6) is 5.79. The highest BCUT2D eigenvalue weighted by Gasteiger charge is 2.59. The highest BCUT2D eigenvalue weighted by Crippen LogP contribution is 2.67. The minimum Gasteiger partial charge on any atom is -0.443 e. The van der Waals surface area contributed by atoms with Crippen LogP contribution in [0, 0.1) is 52.3 Å². The summed E-state index contributed by atoms with van der Waals surface area (Å²) in [5.41, 5.74) is 2.62. The van der Waals surface area contributed by atoms with Crippen LogP contribution >= 0.6 is 0 Å². The molecule has 0 spiro atoms. The van der Waals surface area contributed by atoms with E-state index in [9.17, 15) is 0 Å². The largest absolute Gasteiger partial charge is 0.443 e. The van der Waals surface area contributed by atoms with Crippen LogP contribution in [-0.4, -0.2) is 11.2 Å². The van der Waals surface area contributed by atoms with Gasteiger partial charge in [-0.2, -0.15) is 0 Å². The van der Waals surface area contributed by atoms with Gasteiger partial charge in [0.2, 0.25) is 0 Å². The zero-order valence-corrected chi connectivity index (χ0v) is 20.7. The second-order valence-corrected chi connectivity index (χ2v) is 12.5. The van der Waals surface area contributed by atoms with E-state index in [0.29, 0.717) is 16.7 Å². The quantitative estimate of drug-likeness (QED) is 0.328. The molecule has 3 saturated carbocycles. The second-order valence-electron chi connectivity index (χ2n) is 12.5. The Morgan fingerprint density at radius 2 is 1.80 bits per heavy atom. The molecule has 4 rings (SSSR count). The van der Waals surface area contributed by atoms with Crippen LogP contribution in [0.4, 0.5) is 0 Å². The van der Waals surface area contributed by atoms with Crippen molar-refractivity contribution in [3.05, 3.63) is 23.8 Å². The van der Waals surface area contributed by atoms with Crippen LogP contribution in [0.2, 0.25) is 0 Å². The minimum absolute atomic E-state index is 0.163. The normalized spacial score (nSPS) is 45.6. The first kappa shape index (κ1) is 22.6. The van der Waals surface area contributed by atoms with Gasteiger partial charge in [0.1, 0.15) is 0 Å². The summed E-state index contributed by atoms with van der Waals surface area (Å²) in [4.78, 5) is 0. The molecule has 0 aromatic rings. The molecular formula is C29H49O+. The lowest BCUT2D eigenvalue weighted by Gasteiger charge is -2.58. The number of hydrogen-bond donors (Lipinski definition) is 0. The number of allylic oxidation sites excluding steroid dienone is 3. The van der Waals surface area contributed by atoms with Gasteiger partial charge >= 0.3 is 0 Å². The molecule has 0 saturated heterocycles. The summed E-state index contributed by atoms with van der Waals surface area (Å²) >= 11 is 0. The first-order valence-corrected chi connectivity index (χ1v) is 13.3. The summed E-state index contributed by atoms with van der Waals surface area (Å²) in [5, 5.41) is 8.30. The van der Waals surface area contributed by atoms with Crippen LogP contribution in [-0.2, 0) is 0 Å². The van der Waals surface area contributed by atoms with Crippen molar-refractivity contribution in [1.29, 1.82) is 0 Å². The number of hydrogen-bond acceptors (Lipinski definition) is 0. The summed E-state index contributed by atoms with van der Waals surface area (Å²) in [6, 6.07) is 0. The monoisotopic (exact) mass is 413 g/mol. The van der Waals surface area contributed by atoms with Gasteiger partial charge in [0.15, 0.2) is 6.10 Å². The Labute approximate surface area is 186 Å². The van der Waals surface area contributed by atoms with Gasteiger partial charge < -0.3 is 5.11 Å². The van der Waals surface area contributed by atoms with Gasteiger partial charge in [-0.05, 0) is 97.2 Å². The maximum Gasteiger partial charge on any atom is 0.157 e. The lowest BCUT2D eigenvalue weighted by atomic mass is 9.47. The van der Waals surface area contributed by atoms with E-state index in [0.717, 1.165) is 48.3 Å². The average Bonchev–Trinajstić information content (AvgIpc) is 3.06. The van der Waals surface area contributed by atoms with Crippen molar-refractivity contribution >= 4 is 0 Å². The molecule has 1 heteroatoms. The first-order chi connectivity index (χ1) is 14.2. The fourth-order valence-electron chi connectivity index (χ4n) is 8.85. The van der Waals surface area contributed by atoms with Gasteiger partial charge in [0.25, 0.3) is 0 Å². The zero-order valence-electron chi connectivity index (χ0n) is 20.7. The molecule has 3 fully saturated rings. The molecule has 30 heavy (non-hydrogen) atoms. The Morgan fingerprint density at radius 3 is 2.50 bits per heavy atom. The third-order valence-corrected chi connectivity index (χ3v) is 10.8. The fraction of sp³-hybridized carbons (Fsp3) is 0.862. The lowest BCUT2D eigenvalue weighted by molar-refractivity contribution is -0.0540. The van der Waals surface area contributed by atoms with Crippen molar-refractivity contribution in [2.24, 2.45) is 52.3 Å². The van der Waals surface area contributed by atoms with E-state index in [4.69, 9.17) is 5.11 Å². The predicted octanol–water partition coefficient (Wildman–Crippen LogP) is 7.53. The first-order valence-electron chi connectivity index (χ1n) is 13.3. The molecule has 4 aliphatic carbocycles. The SMILES string of the molecule is CCC(C=CC(C)C1CCC2C3CC=C4CC([OH2+])CCC4(C)C3CCC12C)C(C)C. The van der Waals surface area contributed by atoms with Crippen LogP contribution in [0.15, 0.2) is 23.8 Å². The molecule has 0 amide bonds. The third-order valence-electron chi connectivity index (χ3n) is 10.8. The molecule has 0 aliphatic heterocycles. The molecule has 170 valence electrons. The molecule has 0 heterocycles. The van der Waals surface area contributed by atoms with Crippen LogP contribution in [0.25, 0.3) is 0 Å². The molecule has 2 N–H and O–H groups in total. The van der Waals surface area contributed by atoms with Crippen molar-refractivity contribution < 1.29 is 5.11 Å². The highest BCUT2D eigenvalue weighted by atomic mass is 16.3. The van der Waals surface area contributed by atoms with E-state index in [1.807, 2.05) is 0 Å². The van der Waals surface area contributed by atoms with Crippen LogP contribution in [0.5, 0.6) is 0 Å². The average molecular weight is 414 g/mol. The van der Waals surface area contributed by atoms with E-state index in [1.54, 1.807) is 5.57 Å². The van der Waals surface area contributed by atoms with Crippen molar-refractivity contribution in [3.8, 4) is 0 Å². The second kappa shape index (κ2) is 8.42. The van der Waals surface area contributed by atoms with E-state index >= 15 is 0 Å². The van der Waals surface area contributed by atoms with Gasteiger partial charge in [-0.1, -0.05) is 65.3 Å². The van der Waals surface area contributed by atoms with Crippen molar-refractivity contribution in [2.75, 3.05) is 0 Å². The Balaban J connectivity index is 1.52. The Kier molecular flexibility index (Phi) is 6.35. The van der Waals surface area contributed by atoms with Gasteiger partial charge in [-0.3, -0.25) is 0 Å². The summed E-state index contributed by atoms with van der Waals surface area (Å²) in [7, 11) is 0. The Morgan fingerprint density at radius 1 is 1.03 bits per heavy atom. The van der Waals surface area contributed by atoms with E-state index in [2.05, 4.69) is 59.8 Å². The number of fused-ring (bicyclic) bond motifs is 5. The van der Waals surface area contributed by atoms with Crippen LogP contribution in [0.1, 0.15) is 99.3 Å². The molecule has 4 aliphatic rings.